The smallest absolute Gasteiger partial charge is 0.433 e. The van der Waals surface area contributed by atoms with Crippen LogP contribution in [0.2, 0.25) is 0 Å². The molecule has 2 atom stereocenters. The number of methoxy groups -OCH3 is 1. The maximum Gasteiger partial charge on any atom is 0.433 e. The summed E-state index contributed by atoms with van der Waals surface area (Å²) in [6, 6.07) is 2.08. The van der Waals surface area contributed by atoms with E-state index in [0.29, 0.717) is 5.56 Å². The molecule has 1 aromatic rings. The predicted octanol–water partition coefficient (Wildman–Crippen LogP) is 1.45. The number of carbonyl (C=O) groups is 2. The van der Waals surface area contributed by atoms with E-state index in [-0.39, 0.29) is 6.54 Å². The minimum absolute atomic E-state index is 0.228. The molecule has 21 heavy (non-hydrogen) atoms. The van der Waals surface area contributed by atoms with Crippen LogP contribution in [-0.4, -0.2) is 42.5 Å². The molecule has 0 unspecified atom stereocenters. The van der Waals surface area contributed by atoms with Gasteiger partial charge in [0, 0.05) is 25.7 Å². The van der Waals surface area contributed by atoms with Gasteiger partial charge in [0.25, 0.3) is 0 Å². The fourth-order valence-corrected chi connectivity index (χ4v) is 2.38. The lowest BCUT2D eigenvalue weighted by atomic mass is 9.89. The Hall–Kier alpha value is -2.12. The van der Waals surface area contributed by atoms with Crippen LogP contribution in [0, 0.1) is 5.92 Å². The third kappa shape index (κ3) is 2.84. The third-order valence-corrected chi connectivity index (χ3v) is 3.48. The number of likely N-dealkylation sites (N-methyl/N-ethyl adjacent to an activating group) is 1. The molecule has 1 aromatic heterocycles. The number of likely N-dealkylation sites (tertiary alicyclic amines) is 1. The maximum atomic E-state index is 12.5. The molecule has 5 nitrogen and oxygen atoms in total. The van der Waals surface area contributed by atoms with E-state index >= 15 is 0 Å². The minimum atomic E-state index is -4.53. The largest absolute Gasteiger partial charge is 0.468 e. The Bertz CT molecular complexity index is 557. The minimum Gasteiger partial charge on any atom is -0.468 e. The van der Waals surface area contributed by atoms with Gasteiger partial charge in [0.1, 0.15) is 11.6 Å². The quantitative estimate of drug-likeness (QED) is 0.613. The SMILES string of the molecule is COC(=O)[C@H]1C(=O)N(C)C[C@@H]1c1ccc(C(F)(F)F)nc1. The summed E-state index contributed by atoms with van der Waals surface area (Å²) in [6.07, 6.45) is -3.47. The van der Waals surface area contributed by atoms with Crippen LogP contribution in [0.15, 0.2) is 18.3 Å². The molecule has 2 rings (SSSR count). The second kappa shape index (κ2) is 5.34. The summed E-state index contributed by atoms with van der Waals surface area (Å²) in [4.78, 5) is 28.4. The maximum absolute atomic E-state index is 12.5. The molecule has 0 saturated carbocycles. The first-order chi connectivity index (χ1) is 9.75. The topological polar surface area (TPSA) is 59.5 Å². The van der Waals surface area contributed by atoms with Gasteiger partial charge >= 0.3 is 12.1 Å². The number of hydrogen-bond acceptors (Lipinski definition) is 4. The van der Waals surface area contributed by atoms with Crippen molar-refractivity contribution in [1.29, 1.82) is 0 Å². The van der Waals surface area contributed by atoms with Crippen molar-refractivity contribution in [3.63, 3.8) is 0 Å². The summed E-state index contributed by atoms with van der Waals surface area (Å²) in [7, 11) is 2.69. The zero-order chi connectivity index (χ0) is 15.8. The number of ether oxygens (including phenoxy) is 1. The normalized spacial score (nSPS) is 22.5. The zero-order valence-corrected chi connectivity index (χ0v) is 11.3. The summed E-state index contributed by atoms with van der Waals surface area (Å²) in [6.45, 7) is 0.228. The lowest BCUT2D eigenvalue weighted by Gasteiger charge is -2.15. The van der Waals surface area contributed by atoms with Crippen molar-refractivity contribution in [3.8, 4) is 0 Å². The number of carbonyl (C=O) groups excluding carboxylic acids is 2. The van der Waals surface area contributed by atoms with E-state index in [1.54, 1.807) is 0 Å². The van der Waals surface area contributed by atoms with Crippen molar-refractivity contribution in [2.24, 2.45) is 5.92 Å². The first-order valence-corrected chi connectivity index (χ1v) is 6.11. The van der Waals surface area contributed by atoms with Gasteiger partial charge in [-0.15, -0.1) is 0 Å². The van der Waals surface area contributed by atoms with Crippen molar-refractivity contribution in [3.05, 3.63) is 29.6 Å². The number of halogens is 3. The Morgan fingerprint density at radius 1 is 1.43 bits per heavy atom. The molecule has 0 N–H and O–H groups in total. The second-order valence-electron chi connectivity index (χ2n) is 4.80. The molecule has 0 aromatic carbocycles. The van der Waals surface area contributed by atoms with Gasteiger partial charge in [-0.05, 0) is 11.6 Å². The van der Waals surface area contributed by atoms with Crippen molar-refractivity contribution < 1.29 is 27.5 Å². The average molecular weight is 302 g/mol. The Balaban J connectivity index is 2.31. The number of pyridine rings is 1. The molecular weight excluding hydrogens is 289 g/mol. The number of hydrogen-bond donors (Lipinski definition) is 0. The molecule has 0 radical (unpaired) electrons. The molecule has 1 aliphatic rings. The van der Waals surface area contributed by atoms with E-state index in [0.717, 1.165) is 19.4 Å². The van der Waals surface area contributed by atoms with Gasteiger partial charge < -0.3 is 9.64 Å². The van der Waals surface area contributed by atoms with Gasteiger partial charge in [0.15, 0.2) is 0 Å². The Kier molecular flexibility index (Phi) is 3.89. The fourth-order valence-electron chi connectivity index (χ4n) is 2.38. The summed E-state index contributed by atoms with van der Waals surface area (Å²) in [5.41, 5.74) is -0.616. The predicted molar refractivity (Wildman–Crippen MR) is 65.1 cm³/mol. The van der Waals surface area contributed by atoms with E-state index in [1.165, 1.54) is 18.0 Å². The van der Waals surface area contributed by atoms with E-state index in [2.05, 4.69) is 9.72 Å². The van der Waals surface area contributed by atoms with Gasteiger partial charge in [-0.2, -0.15) is 13.2 Å². The van der Waals surface area contributed by atoms with Crippen LogP contribution >= 0.6 is 0 Å². The molecule has 1 fully saturated rings. The fraction of sp³-hybridized carbons (Fsp3) is 0.462. The first kappa shape index (κ1) is 15.3. The van der Waals surface area contributed by atoms with E-state index in [4.69, 9.17) is 0 Å². The second-order valence-corrected chi connectivity index (χ2v) is 4.80. The highest BCUT2D eigenvalue weighted by molar-refractivity contribution is 6.00. The lowest BCUT2D eigenvalue weighted by Crippen LogP contribution is -2.29. The van der Waals surface area contributed by atoms with Crippen molar-refractivity contribution in [1.82, 2.24) is 9.88 Å². The highest BCUT2D eigenvalue weighted by Gasteiger charge is 2.45. The van der Waals surface area contributed by atoms with Gasteiger partial charge in [0.05, 0.1) is 7.11 Å². The molecule has 2 heterocycles. The van der Waals surface area contributed by atoms with Crippen LogP contribution in [-0.2, 0) is 20.5 Å². The summed E-state index contributed by atoms with van der Waals surface area (Å²) in [5.74, 6) is -2.72. The van der Waals surface area contributed by atoms with E-state index in [1.807, 2.05) is 0 Å². The van der Waals surface area contributed by atoms with E-state index < -0.39 is 35.6 Å². The number of nitrogens with zero attached hydrogens (tertiary/aromatic N) is 2. The highest BCUT2D eigenvalue weighted by atomic mass is 19.4. The summed E-state index contributed by atoms with van der Waals surface area (Å²) < 4.78 is 42.0. The molecule has 1 amide bonds. The molecular formula is C13H13F3N2O3. The number of aromatic nitrogens is 1. The summed E-state index contributed by atoms with van der Waals surface area (Å²) in [5, 5.41) is 0. The van der Waals surface area contributed by atoms with Crippen LogP contribution in [0.5, 0.6) is 0 Å². The number of rotatable bonds is 2. The van der Waals surface area contributed by atoms with Gasteiger partial charge in [-0.1, -0.05) is 6.07 Å². The molecule has 1 saturated heterocycles. The third-order valence-electron chi connectivity index (χ3n) is 3.48. The lowest BCUT2D eigenvalue weighted by molar-refractivity contribution is -0.150. The average Bonchev–Trinajstić information content (AvgIpc) is 2.73. The van der Waals surface area contributed by atoms with Gasteiger partial charge in [-0.25, -0.2) is 0 Å². The Labute approximate surface area is 118 Å². The zero-order valence-electron chi connectivity index (χ0n) is 11.3. The standard InChI is InChI=1S/C13H13F3N2O3/c1-18-6-8(10(11(18)19)12(20)21-2)7-3-4-9(17-5-7)13(14,15)16/h3-5,8,10H,6H2,1-2H3/t8-,10-/m1/s1. The van der Waals surface area contributed by atoms with Crippen molar-refractivity contribution in [2.45, 2.75) is 12.1 Å². The Morgan fingerprint density at radius 2 is 2.10 bits per heavy atom. The van der Waals surface area contributed by atoms with E-state index in [9.17, 15) is 22.8 Å². The molecule has 0 bridgehead atoms. The molecule has 8 heteroatoms. The van der Waals surface area contributed by atoms with Crippen molar-refractivity contribution >= 4 is 11.9 Å². The van der Waals surface area contributed by atoms with Crippen LogP contribution < -0.4 is 0 Å². The first-order valence-electron chi connectivity index (χ1n) is 6.11. The van der Waals surface area contributed by atoms with Crippen molar-refractivity contribution in [2.75, 3.05) is 20.7 Å². The molecule has 114 valence electrons. The molecule has 0 spiro atoms. The molecule has 1 aliphatic heterocycles. The van der Waals surface area contributed by atoms with Crippen LogP contribution in [0.25, 0.3) is 0 Å². The molecule has 0 aliphatic carbocycles. The summed E-state index contributed by atoms with van der Waals surface area (Å²) >= 11 is 0. The monoisotopic (exact) mass is 302 g/mol. The number of amides is 1. The van der Waals surface area contributed by atoms with Gasteiger partial charge in [0.2, 0.25) is 5.91 Å². The van der Waals surface area contributed by atoms with Crippen LogP contribution in [0.3, 0.4) is 0 Å². The van der Waals surface area contributed by atoms with Crippen LogP contribution in [0.4, 0.5) is 13.2 Å². The van der Waals surface area contributed by atoms with Gasteiger partial charge in [-0.3, -0.25) is 14.6 Å². The Morgan fingerprint density at radius 3 is 2.57 bits per heavy atom. The number of esters is 1. The van der Waals surface area contributed by atoms with Crippen LogP contribution in [0.1, 0.15) is 17.2 Å². The highest BCUT2D eigenvalue weighted by Crippen LogP contribution is 2.35. The number of alkyl halides is 3.